The molecule has 0 amide bonds. The zero-order valence-electron chi connectivity index (χ0n) is 15.0. The number of alkyl halides is 3. The van der Waals surface area contributed by atoms with Crippen LogP contribution in [0, 0.1) is 11.8 Å². The van der Waals surface area contributed by atoms with E-state index in [0.717, 1.165) is 6.08 Å². The highest BCUT2D eigenvalue weighted by Gasteiger charge is 2.49. The van der Waals surface area contributed by atoms with Crippen molar-refractivity contribution in [1.29, 1.82) is 0 Å². The van der Waals surface area contributed by atoms with Gasteiger partial charge in [-0.1, -0.05) is 15.9 Å². The van der Waals surface area contributed by atoms with E-state index in [4.69, 9.17) is 25.1 Å². The molecule has 3 N–H and O–H groups in total. The van der Waals surface area contributed by atoms with E-state index in [1.54, 1.807) is 0 Å². The van der Waals surface area contributed by atoms with Crippen molar-refractivity contribution in [3.8, 4) is 5.75 Å². The van der Waals surface area contributed by atoms with Gasteiger partial charge >= 0.3 is 17.2 Å². The van der Waals surface area contributed by atoms with Crippen LogP contribution in [-0.2, 0) is 19.2 Å². The normalized spacial score (nSPS) is 16.9. The summed E-state index contributed by atoms with van der Waals surface area (Å²) in [4.78, 5) is 31.2. The number of fused-ring (bicyclic) bond motifs is 1. The van der Waals surface area contributed by atoms with Crippen LogP contribution in [-0.4, -0.2) is 63.7 Å². The Balaban J connectivity index is 2.33. The number of carbonyl (C=O) groups is 1. The fourth-order valence-electron chi connectivity index (χ4n) is 2.49. The van der Waals surface area contributed by atoms with Crippen molar-refractivity contribution < 1.29 is 57.8 Å². The Labute approximate surface area is 174 Å². The van der Waals surface area contributed by atoms with E-state index in [1.165, 1.54) is 19.1 Å². The van der Waals surface area contributed by atoms with E-state index in [-0.39, 0.29) is 11.3 Å². The third-order valence-corrected chi connectivity index (χ3v) is 4.11. The summed E-state index contributed by atoms with van der Waals surface area (Å²) >= 11 is 3.20. The van der Waals surface area contributed by atoms with Gasteiger partial charge in [-0.3, -0.25) is 10.4 Å². The first-order valence-corrected chi connectivity index (χ1v) is 8.73. The lowest BCUT2D eigenvalue weighted by Crippen LogP contribution is -2.42. The van der Waals surface area contributed by atoms with E-state index in [2.05, 4.69) is 25.6 Å². The van der Waals surface area contributed by atoms with Crippen molar-refractivity contribution in [2.45, 2.75) is 25.3 Å². The summed E-state index contributed by atoms with van der Waals surface area (Å²) in [5.41, 5.74) is -0.344. The molecule has 0 radical (unpaired) electrons. The predicted octanol–water partition coefficient (Wildman–Crippen LogP) is 2.49. The van der Waals surface area contributed by atoms with Crippen molar-refractivity contribution in [3.63, 3.8) is 0 Å². The first-order chi connectivity index (χ1) is 13.9. The fourth-order valence-corrected chi connectivity index (χ4v) is 3.08. The minimum Gasteiger partial charge on any atom is -0.475 e. The number of hydrogen-bond donors (Lipinski definition) is 3. The fraction of sp³-hybridized carbons (Fsp3) is 0.400. The largest absolute Gasteiger partial charge is 0.475 e. The number of ether oxygens (including phenoxy) is 2. The zero-order chi connectivity index (χ0) is 22.6. The lowest BCUT2D eigenvalue weighted by atomic mass is 9.99. The monoisotopic (exact) mass is 503 g/mol. The quantitative estimate of drug-likeness (QED) is 0.358. The summed E-state index contributed by atoms with van der Waals surface area (Å²) in [7, 11) is 0. The van der Waals surface area contributed by atoms with Crippen molar-refractivity contribution in [2.75, 3.05) is 13.2 Å². The maximum atomic E-state index is 13.5. The highest BCUT2D eigenvalue weighted by Crippen LogP contribution is 2.40. The summed E-state index contributed by atoms with van der Waals surface area (Å²) in [5.74, 6) is -1.57. The summed E-state index contributed by atoms with van der Waals surface area (Å²) in [5, 5.41) is 23.8. The van der Waals surface area contributed by atoms with Crippen molar-refractivity contribution in [3.05, 3.63) is 38.2 Å². The number of hydrogen-bond acceptors (Lipinski definition) is 9. The molecule has 30 heavy (non-hydrogen) atoms. The van der Waals surface area contributed by atoms with Gasteiger partial charge in [0.1, 0.15) is 17.3 Å². The SMILES string of the molecule is Cc1cc(Br)cc2c1O[C@H](C(F)(F)F)C(C(=O)OC(CON(O)O)CO[N+](=O)O)=C2. The maximum absolute atomic E-state index is 13.5. The third kappa shape index (κ3) is 6.27. The van der Waals surface area contributed by atoms with Crippen LogP contribution < -0.4 is 4.74 Å². The zero-order valence-corrected chi connectivity index (χ0v) is 16.6. The number of nitrogens with zero attached hydrogens (tertiary/aromatic N) is 2. The second-order valence-electron chi connectivity index (χ2n) is 5.89. The van der Waals surface area contributed by atoms with Crippen LogP contribution in [0.2, 0.25) is 0 Å². The van der Waals surface area contributed by atoms with Gasteiger partial charge in [0, 0.05) is 10.0 Å². The van der Waals surface area contributed by atoms with Crippen LogP contribution in [0.4, 0.5) is 13.2 Å². The molecule has 0 saturated heterocycles. The Bertz CT molecular complexity index is 847. The smallest absolute Gasteiger partial charge is 0.475 e. The highest BCUT2D eigenvalue weighted by atomic mass is 79.9. The Kier molecular flexibility index (Phi) is 7.59. The number of rotatable bonds is 8. The maximum Gasteiger partial charge on any atom is 0.475 e. The van der Waals surface area contributed by atoms with Crippen LogP contribution in [0.25, 0.3) is 6.08 Å². The van der Waals surface area contributed by atoms with Crippen molar-refractivity contribution in [2.24, 2.45) is 0 Å². The number of halogens is 4. The molecule has 0 aromatic heterocycles. The van der Waals surface area contributed by atoms with E-state index in [0.29, 0.717) is 10.0 Å². The Morgan fingerprint density at radius 2 is 2.03 bits per heavy atom. The first kappa shape index (κ1) is 23.8. The molecule has 1 aromatic carbocycles. The van der Waals surface area contributed by atoms with Crippen LogP contribution >= 0.6 is 15.9 Å². The molecule has 0 saturated carbocycles. The third-order valence-electron chi connectivity index (χ3n) is 3.65. The summed E-state index contributed by atoms with van der Waals surface area (Å²) in [6.07, 6.45) is -8.31. The van der Waals surface area contributed by atoms with Gasteiger partial charge in [0.15, 0.2) is 6.10 Å². The molecule has 11 nitrogen and oxygen atoms in total. The van der Waals surface area contributed by atoms with E-state index in [9.17, 15) is 22.9 Å². The molecule has 1 unspecified atom stereocenters. The molecule has 0 bridgehead atoms. The average Bonchev–Trinajstić information content (AvgIpc) is 2.61. The molecule has 0 fully saturated rings. The molecule has 1 heterocycles. The van der Waals surface area contributed by atoms with Gasteiger partial charge in [0.2, 0.25) is 12.7 Å². The van der Waals surface area contributed by atoms with E-state index >= 15 is 0 Å². The summed E-state index contributed by atoms with van der Waals surface area (Å²) in [6, 6.07) is 2.97. The van der Waals surface area contributed by atoms with Crippen LogP contribution in [0.3, 0.4) is 0 Å². The molecule has 15 heteroatoms. The minimum atomic E-state index is -4.98. The second kappa shape index (κ2) is 9.57. The number of benzene rings is 1. The molecule has 1 aliphatic rings. The molecular formula is C15H15BrF3N2O9+. The average molecular weight is 504 g/mol. The highest BCUT2D eigenvalue weighted by molar-refractivity contribution is 9.10. The minimum absolute atomic E-state index is 0.0706. The van der Waals surface area contributed by atoms with Gasteiger partial charge in [-0.15, -0.1) is 0 Å². The molecule has 0 aliphatic carbocycles. The molecule has 166 valence electrons. The number of aryl methyl sites for hydroxylation is 1. The van der Waals surface area contributed by atoms with Gasteiger partial charge < -0.3 is 9.47 Å². The van der Waals surface area contributed by atoms with Gasteiger partial charge in [0.05, 0.1) is 11.0 Å². The Hall–Kier alpha value is -2.46. The van der Waals surface area contributed by atoms with Crippen LogP contribution in [0.15, 0.2) is 22.2 Å². The first-order valence-electron chi connectivity index (χ1n) is 7.94. The van der Waals surface area contributed by atoms with Gasteiger partial charge in [-0.05, 0) is 30.7 Å². The van der Waals surface area contributed by atoms with Gasteiger partial charge in [-0.25, -0.2) is 14.8 Å². The standard InChI is InChI=1S/C15H15BrF3N2O9/c1-7-2-9(16)3-8-4-11(13(15(17,18)19)30-12(7)8)14(22)29-10(5-27-20(23)24)6-28-21(25)26/h2-4,10,13,23-24H,5-6H2,1H3,(H,25,26)/q+1/t10?,13-/m0/s1. The van der Waals surface area contributed by atoms with Gasteiger partial charge in [-0.2, -0.15) is 18.0 Å². The molecule has 0 spiro atoms. The summed E-state index contributed by atoms with van der Waals surface area (Å²) < 4.78 is 50.9. The molecule has 2 rings (SSSR count). The van der Waals surface area contributed by atoms with Gasteiger partial charge in [0.25, 0.3) is 0 Å². The van der Waals surface area contributed by atoms with Crippen molar-refractivity contribution in [1.82, 2.24) is 5.39 Å². The lowest BCUT2D eigenvalue weighted by Gasteiger charge is -2.29. The number of carbonyl (C=O) groups excluding carboxylic acids is 1. The number of esters is 1. The van der Waals surface area contributed by atoms with Crippen LogP contribution in [0.1, 0.15) is 11.1 Å². The molecule has 2 atom stereocenters. The summed E-state index contributed by atoms with van der Waals surface area (Å²) in [6.45, 7) is -0.206. The second-order valence-corrected chi connectivity index (χ2v) is 6.81. The van der Waals surface area contributed by atoms with E-state index in [1.807, 2.05) is 0 Å². The van der Waals surface area contributed by atoms with Crippen molar-refractivity contribution >= 4 is 28.0 Å². The topological polar surface area (TPSA) is 138 Å². The molecule has 1 aromatic rings. The molecular weight excluding hydrogens is 489 g/mol. The van der Waals surface area contributed by atoms with E-state index < -0.39 is 53.6 Å². The predicted molar refractivity (Wildman–Crippen MR) is 89.9 cm³/mol. The Morgan fingerprint density at radius 1 is 1.37 bits per heavy atom. The molecule has 1 aliphatic heterocycles. The Morgan fingerprint density at radius 3 is 2.60 bits per heavy atom. The van der Waals surface area contributed by atoms with Crippen LogP contribution in [0.5, 0.6) is 5.75 Å². The lowest BCUT2D eigenvalue weighted by molar-refractivity contribution is -0.976.